The van der Waals surface area contributed by atoms with Crippen molar-refractivity contribution >= 4 is 35.4 Å². The standard InChI is InChI=1S/C32H23NO8/c1-18(34)40-25-12-5-21(6-13-25)29(22-7-14-26(15-8-22)41-19(2)35)20-3-10-24(11-4-20)33-30(36)27-16-9-23(32(38)39)17-28(27)31(33)37/h3-17,29H,1-2H3,(H,38,39). The lowest BCUT2D eigenvalue weighted by atomic mass is 9.85. The Hall–Kier alpha value is -5.57. The van der Waals surface area contributed by atoms with Gasteiger partial charge in [0.25, 0.3) is 11.8 Å². The third kappa shape index (κ3) is 5.46. The summed E-state index contributed by atoms with van der Waals surface area (Å²) in [5.41, 5.74) is 3.02. The number of fused-ring (bicyclic) bond motifs is 1. The Morgan fingerprint density at radius 1 is 0.634 bits per heavy atom. The minimum atomic E-state index is -1.19. The zero-order valence-corrected chi connectivity index (χ0v) is 22.0. The lowest BCUT2D eigenvalue weighted by Gasteiger charge is -2.21. The third-order valence-electron chi connectivity index (χ3n) is 6.57. The Bertz CT molecular complexity index is 1630. The van der Waals surface area contributed by atoms with Crippen molar-refractivity contribution in [1.82, 2.24) is 0 Å². The minimum absolute atomic E-state index is 0.0394. The summed E-state index contributed by atoms with van der Waals surface area (Å²) in [5, 5.41) is 9.28. The fourth-order valence-corrected chi connectivity index (χ4v) is 4.79. The summed E-state index contributed by atoms with van der Waals surface area (Å²) in [6, 6.07) is 24.9. The molecule has 204 valence electrons. The number of carbonyl (C=O) groups excluding carboxylic acids is 4. The summed E-state index contributed by atoms with van der Waals surface area (Å²) in [5.74, 6) is -2.69. The summed E-state index contributed by atoms with van der Waals surface area (Å²) in [7, 11) is 0. The highest BCUT2D eigenvalue weighted by Crippen LogP contribution is 2.36. The number of hydrogen-bond donors (Lipinski definition) is 1. The van der Waals surface area contributed by atoms with Gasteiger partial charge in [-0.1, -0.05) is 36.4 Å². The summed E-state index contributed by atoms with van der Waals surface area (Å²) >= 11 is 0. The van der Waals surface area contributed by atoms with Gasteiger partial charge in [0, 0.05) is 19.8 Å². The molecule has 0 aromatic heterocycles. The molecule has 1 heterocycles. The smallest absolute Gasteiger partial charge is 0.335 e. The number of rotatable bonds is 7. The Kier molecular flexibility index (Phi) is 7.18. The van der Waals surface area contributed by atoms with Crippen LogP contribution in [0.15, 0.2) is 91.0 Å². The number of imide groups is 1. The van der Waals surface area contributed by atoms with E-state index in [1.165, 1.54) is 32.0 Å². The van der Waals surface area contributed by atoms with Gasteiger partial charge in [0.1, 0.15) is 11.5 Å². The van der Waals surface area contributed by atoms with E-state index in [9.17, 15) is 29.1 Å². The van der Waals surface area contributed by atoms with Gasteiger partial charge < -0.3 is 14.6 Å². The molecular weight excluding hydrogens is 526 g/mol. The molecule has 0 unspecified atom stereocenters. The lowest BCUT2D eigenvalue weighted by molar-refractivity contribution is -0.132. The molecule has 2 amide bonds. The van der Waals surface area contributed by atoms with Crippen LogP contribution in [0, 0.1) is 0 Å². The maximum absolute atomic E-state index is 13.1. The van der Waals surface area contributed by atoms with Crippen molar-refractivity contribution < 1.29 is 38.6 Å². The molecule has 1 aliphatic rings. The van der Waals surface area contributed by atoms with Crippen molar-refractivity contribution in [3.8, 4) is 11.5 Å². The first-order chi connectivity index (χ1) is 19.6. The molecule has 0 spiro atoms. The average molecular weight is 550 g/mol. The van der Waals surface area contributed by atoms with Crippen molar-refractivity contribution in [2.24, 2.45) is 0 Å². The summed E-state index contributed by atoms with van der Waals surface area (Å²) in [6.45, 7) is 2.64. The summed E-state index contributed by atoms with van der Waals surface area (Å²) < 4.78 is 10.3. The zero-order chi connectivity index (χ0) is 29.3. The van der Waals surface area contributed by atoms with Crippen LogP contribution in [0.25, 0.3) is 0 Å². The van der Waals surface area contributed by atoms with E-state index in [0.29, 0.717) is 17.2 Å². The van der Waals surface area contributed by atoms with Crippen LogP contribution in [0.5, 0.6) is 11.5 Å². The molecule has 0 saturated heterocycles. The molecule has 9 heteroatoms. The second kappa shape index (κ2) is 10.9. The predicted molar refractivity (Wildman–Crippen MR) is 147 cm³/mol. The van der Waals surface area contributed by atoms with Gasteiger partial charge in [-0.2, -0.15) is 0 Å². The number of benzene rings is 4. The molecule has 4 aromatic carbocycles. The number of amides is 2. The molecule has 0 saturated carbocycles. The van der Waals surface area contributed by atoms with Crippen LogP contribution in [0.1, 0.15) is 67.5 Å². The van der Waals surface area contributed by atoms with Gasteiger partial charge in [-0.25, -0.2) is 9.69 Å². The third-order valence-corrected chi connectivity index (χ3v) is 6.57. The molecule has 0 bridgehead atoms. The number of aromatic carboxylic acids is 1. The Morgan fingerprint density at radius 3 is 1.51 bits per heavy atom. The van der Waals surface area contributed by atoms with Gasteiger partial charge in [-0.15, -0.1) is 0 Å². The molecule has 1 aliphatic heterocycles. The Labute approximate surface area is 234 Å². The highest BCUT2D eigenvalue weighted by molar-refractivity contribution is 6.34. The lowest BCUT2D eigenvalue weighted by Crippen LogP contribution is -2.29. The highest BCUT2D eigenvalue weighted by atomic mass is 16.5. The first-order valence-corrected chi connectivity index (χ1v) is 12.5. The summed E-state index contributed by atoms with van der Waals surface area (Å²) in [6.07, 6.45) is 0. The average Bonchev–Trinajstić information content (AvgIpc) is 3.19. The van der Waals surface area contributed by atoms with Crippen molar-refractivity contribution in [1.29, 1.82) is 0 Å². The van der Waals surface area contributed by atoms with Crippen LogP contribution >= 0.6 is 0 Å². The highest BCUT2D eigenvalue weighted by Gasteiger charge is 2.37. The monoisotopic (exact) mass is 549 g/mol. The van der Waals surface area contributed by atoms with E-state index in [1.807, 2.05) is 24.3 Å². The van der Waals surface area contributed by atoms with Gasteiger partial charge in [0.15, 0.2) is 0 Å². The first kappa shape index (κ1) is 27.0. The largest absolute Gasteiger partial charge is 0.478 e. The number of carbonyl (C=O) groups is 5. The zero-order valence-electron chi connectivity index (χ0n) is 22.0. The van der Waals surface area contributed by atoms with E-state index in [-0.39, 0.29) is 22.6 Å². The van der Waals surface area contributed by atoms with Gasteiger partial charge in [-0.3, -0.25) is 19.2 Å². The molecule has 0 radical (unpaired) electrons. The van der Waals surface area contributed by atoms with Gasteiger partial charge >= 0.3 is 17.9 Å². The number of ether oxygens (including phenoxy) is 2. The van der Waals surface area contributed by atoms with E-state index < -0.39 is 29.7 Å². The SMILES string of the molecule is CC(=O)Oc1ccc(C(c2ccc(OC(C)=O)cc2)c2ccc(N3C(=O)c4ccc(C(=O)O)cc4C3=O)cc2)cc1. The van der Waals surface area contributed by atoms with E-state index in [1.54, 1.807) is 48.5 Å². The molecule has 0 atom stereocenters. The van der Waals surface area contributed by atoms with Crippen molar-refractivity contribution in [3.05, 3.63) is 124 Å². The number of esters is 2. The number of anilines is 1. The van der Waals surface area contributed by atoms with E-state index in [2.05, 4.69) is 0 Å². The second-order valence-corrected chi connectivity index (χ2v) is 9.36. The van der Waals surface area contributed by atoms with Gasteiger partial charge in [0.05, 0.1) is 22.4 Å². The molecular formula is C32H23NO8. The van der Waals surface area contributed by atoms with Crippen LogP contribution in [-0.4, -0.2) is 34.8 Å². The molecule has 0 aliphatic carbocycles. The Morgan fingerprint density at radius 2 is 1.07 bits per heavy atom. The van der Waals surface area contributed by atoms with E-state index >= 15 is 0 Å². The normalized spacial score (nSPS) is 12.3. The fraction of sp³-hybridized carbons (Fsp3) is 0.0938. The van der Waals surface area contributed by atoms with Crippen molar-refractivity contribution in [3.63, 3.8) is 0 Å². The Balaban J connectivity index is 1.49. The molecule has 1 N–H and O–H groups in total. The van der Waals surface area contributed by atoms with Crippen LogP contribution in [0.4, 0.5) is 5.69 Å². The van der Waals surface area contributed by atoms with Crippen molar-refractivity contribution in [2.45, 2.75) is 19.8 Å². The van der Waals surface area contributed by atoms with Crippen LogP contribution in [0.3, 0.4) is 0 Å². The second-order valence-electron chi connectivity index (χ2n) is 9.36. The first-order valence-electron chi connectivity index (χ1n) is 12.5. The summed E-state index contributed by atoms with van der Waals surface area (Å²) in [4.78, 5) is 61.2. The molecule has 5 rings (SSSR count). The quantitative estimate of drug-likeness (QED) is 0.144. The molecule has 0 fully saturated rings. The number of hydrogen-bond acceptors (Lipinski definition) is 7. The topological polar surface area (TPSA) is 127 Å². The van der Waals surface area contributed by atoms with Crippen LogP contribution in [-0.2, 0) is 9.59 Å². The maximum Gasteiger partial charge on any atom is 0.335 e. The number of nitrogens with zero attached hydrogens (tertiary/aromatic N) is 1. The predicted octanol–water partition coefficient (Wildman–Crippen LogP) is 5.22. The van der Waals surface area contributed by atoms with Gasteiger partial charge in [0.2, 0.25) is 0 Å². The van der Waals surface area contributed by atoms with Gasteiger partial charge in [-0.05, 0) is 71.3 Å². The molecule has 4 aromatic rings. The fourth-order valence-electron chi connectivity index (χ4n) is 4.79. The van der Waals surface area contributed by atoms with E-state index in [0.717, 1.165) is 21.6 Å². The van der Waals surface area contributed by atoms with E-state index in [4.69, 9.17) is 9.47 Å². The van der Waals surface area contributed by atoms with Crippen LogP contribution < -0.4 is 14.4 Å². The minimum Gasteiger partial charge on any atom is -0.478 e. The van der Waals surface area contributed by atoms with Crippen LogP contribution in [0.2, 0.25) is 0 Å². The number of carboxylic acids is 1. The van der Waals surface area contributed by atoms with Crippen molar-refractivity contribution in [2.75, 3.05) is 4.90 Å². The number of carboxylic acid groups (broad SMARTS) is 1. The molecule has 9 nitrogen and oxygen atoms in total. The maximum atomic E-state index is 13.1. The molecule has 41 heavy (non-hydrogen) atoms.